The molecule has 182 valence electrons. The number of ether oxygens (including phenoxy) is 2. The fraction of sp³-hybridized carbons (Fsp3) is 0.304. The number of carbonyl (C=O) groups is 1. The third kappa shape index (κ3) is 4.61. The van der Waals surface area contributed by atoms with Crippen LogP contribution in [-0.2, 0) is 16.0 Å². The minimum Gasteiger partial charge on any atom is -0.417 e. The van der Waals surface area contributed by atoms with Gasteiger partial charge in [-0.05, 0) is 36.8 Å². The Balaban J connectivity index is 1.60. The van der Waals surface area contributed by atoms with E-state index in [2.05, 4.69) is 9.72 Å². The average molecular weight is 489 g/mol. The number of pyridine rings is 1. The largest absolute Gasteiger partial charge is 0.491 e. The van der Waals surface area contributed by atoms with Crippen LogP contribution in [0.1, 0.15) is 5.56 Å². The molecule has 0 N–H and O–H groups in total. The topological polar surface area (TPSA) is 80.7 Å². The summed E-state index contributed by atoms with van der Waals surface area (Å²) >= 11 is 0. The van der Waals surface area contributed by atoms with Crippen molar-refractivity contribution in [2.24, 2.45) is 0 Å². The molecule has 1 saturated heterocycles. The number of halogens is 4. The van der Waals surface area contributed by atoms with Gasteiger partial charge in [0.2, 0.25) is 5.95 Å². The van der Waals surface area contributed by atoms with Crippen LogP contribution in [0.25, 0.3) is 11.3 Å². The van der Waals surface area contributed by atoms with Crippen molar-refractivity contribution in [2.45, 2.75) is 12.6 Å². The molecule has 3 aromatic rings. The lowest BCUT2D eigenvalue weighted by Gasteiger charge is -2.28. The summed E-state index contributed by atoms with van der Waals surface area (Å²) in [5, 5.41) is 0. The highest BCUT2D eigenvalue weighted by Crippen LogP contribution is 2.40. The Labute approximate surface area is 197 Å². The van der Waals surface area contributed by atoms with Crippen LogP contribution in [0.2, 0.25) is 0 Å². The summed E-state index contributed by atoms with van der Waals surface area (Å²) in [7, 11) is 0. The molecule has 0 saturated carbocycles. The predicted molar refractivity (Wildman–Crippen MR) is 117 cm³/mol. The lowest BCUT2D eigenvalue weighted by atomic mass is 10.0. The first kappa shape index (κ1) is 23.0. The van der Waals surface area contributed by atoms with Crippen molar-refractivity contribution in [3.63, 3.8) is 0 Å². The monoisotopic (exact) mass is 489 g/mol. The molecule has 1 aromatic carbocycles. The van der Waals surface area contributed by atoms with Crippen molar-refractivity contribution >= 4 is 23.4 Å². The van der Waals surface area contributed by atoms with E-state index in [-0.39, 0.29) is 0 Å². The first-order chi connectivity index (χ1) is 16.8. The number of alkyl halides is 3. The highest BCUT2D eigenvalue weighted by molar-refractivity contribution is 5.80. The van der Waals surface area contributed by atoms with Crippen molar-refractivity contribution in [3.8, 4) is 17.0 Å². The van der Waals surface area contributed by atoms with Crippen LogP contribution < -0.4 is 14.5 Å². The van der Waals surface area contributed by atoms with E-state index >= 15 is 0 Å². The maximum atomic E-state index is 14.2. The Morgan fingerprint density at radius 2 is 1.77 bits per heavy atom. The Morgan fingerprint density at radius 3 is 2.49 bits per heavy atom. The second kappa shape index (κ2) is 9.10. The number of morpholine rings is 1. The average Bonchev–Trinajstić information content (AvgIpc) is 3.29. The van der Waals surface area contributed by atoms with Gasteiger partial charge >= 0.3 is 12.1 Å². The van der Waals surface area contributed by atoms with Gasteiger partial charge in [0.25, 0.3) is 0 Å². The maximum absolute atomic E-state index is 14.2. The highest BCUT2D eigenvalue weighted by atomic mass is 19.4. The van der Waals surface area contributed by atoms with E-state index in [1.807, 2.05) is 21.9 Å². The predicted octanol–water partition coefficient (Wildman–Crippen LogP) is 3.68. The van der Waals surface area contributed by atoms with Crippen LogP contribution in [0.4, 0.5) is 35.0 Å². The summed E-state index contributed by atoms with van der Waals surface area (Å²) in [4.78, 5) is 28.8. The molecule has 0 spiro atoms. The molecule has 0 atom stereocenters. The lowest BCUT2D eigenvalue weighted by Crippen LogP contribution is -2.37. The Morgan fingerprint density at radius 1 is 1.03 bits per heavy atom. The second-order valence-corrected chi connectivity index (χ2v) is 7.91. The molecule has 0 amide bonds. The van der Waals surface area contributed by atoms with Gasteiger partial charge in [-0.2, -0.15) is 18.2 Å². The fourth-order valence-electron chi connectivity index (χ4n) is 4.05. The number of fused-ring (bicyclic) bond motifs is 1. The maximum Gasteiger partial charge on any atom is 0.491 e. The smallest absolute Gasteiger partial charge is 0.417 e. The van der Waals surface area contributed by atoms with Gasteiger partial charge in [0, 0.05) is 48.8 Å². The number of hydrogen-bond acceptors (Lipinski definition) is 8. The quantitative estimate of drug-likeness (QED) is 0.312. The molecule has 2 aliphatic heterocycles. The fourth-order valence-corrected chi connectivity index (χ4v) is 4.05. The minimum atomic E-state index is -5.26. The number of esters is 1. The number of hydrogen-bond donors (Lipinski definition) is 0. The molecular weight excluding hydrogens is 470 g/mol. The molecule has 2 aromatic heterocycles. The number of nitrogens with zero attached hydrogens (tertiary/aromatic N) is 5. The van der Waals surface area contributed by atoms with Gasteiger partial charge in [-0.25, -0.2) is 14.2 Å². The van der Waals surface area contributed by atoms with Gasteiger partial charge < -0.3 is 19.3 Å². The molecule has 0 bridgehead atoms. The summed E-state index contributed by atoms with van der Waals surface area (Å²) in [5.41, 5.74) is 2.35. The zero-order chi connectivity index (χ0) is 24.6. The van der Waals surface area contributed by atoms with E-state index in [0.717, 1.165) is 23.4 Å². The number of anilines is 3. The highest BCUT2D eigenvalue weighted by Gasteiger charge is 2.42. The summed E-state index contributed by atoms with van der Waals surface area (Å²) in [6, 6.07) is 7.09. The van der Waals surface area contributed by atoms with Gasteiger partial charge in [-0.3, -0.25) is 4.98 Å². The summed E-state index contributed by atoms with van der Waals surface area (Å²) < 4.78 is 62.0. The van der Waals surface area contributed by atoms with Crippen molar-refractivity contribution in [1.82, 2.24) is 15.0 Å². The first-order valence-corrected chi connectivity index (χ1v) is 10.8. The van der Waals surface area contributed by atoms with E-state index in [1.54, 1.807) is 12.4 Å². The summed E-state index contributed by atoms with van der Waals surface area (Å²) in [6.07, 6.45) is -1.38. The van der Waals surface area contributed by atoms with Gasteiger partial charge in [0.05, 0.1) is 18.9 Å². The molecule has 1 fully saturated rings. The normalized spacial score (nSPS) is 15.8. The zero-order valence-electron chi connectivity index (χ0n) is 18.3. The van der Waals surface area contributed by atoms with Gasteiger partial charge in [0.1, 0.15) is 5.82 Å². The van der Waals surface area contributed by atoms with E-state index in [9.17, 15) is 22.4 Å². The molecule has 35 heavy (non-hydrogen) atoms. The molecule has 5 rings (SSSR count). The first-order valence-electron chi connectivity index (χ1n) is 10.8. The van der Waals surface area contributed by atoms with E-state index in [0.29, 0.717) is 62.3 Å². The van der Waals surface area contributed by atoms with Crippen LogP contribution >= 0.6 is 0 Å². The van der Waals surface area contributed by atoms with Crippen LogP contribution in [-0.4, -0.2) is 59.9 Å². The number of benzene rings is 1. The Hall–Kier alpha value is -3.80. The molecule has 4 heterocycles. The molecule has 12 heteroatoms. The number of carbonyl (C=O) groups excluding carboxylic acids is 1. The molecule has 0 unspecified atom stereocenters. The van der Waals surface area contributed by atoms with E-state index in [1.165, 1.54) is 6.07 Å². The SMILES string of the molecule is O=C(Oc1cc(-c2nc(N3CCOCC3)nc3c2CCN3c2ccncc2)ccc1F)C(F)(F)F. The molecular formula is C23H19F4N5O3. The van der Waals surface area contributed by atoms with Crippen molar-refractivity contribution in [2.75, 3.05) is 42.6 Å². The lowest BCUT2D eigenvalue weighted by molar-refractivity contribution is -0.189. The molecule has 0 radical (unpaired) electrons. The molecule has 0 aliphatic carbocycles. The third-order valence-corrected chi connectivity index (χ3v) is 5.72. The van der Waals surface area contributed by atoms with Crippen molar-refractivity contribution in [3.05, 3.63) is 54.1 Å². The van der Waals surface area contributed by atoms with Gasteiger partial charge in [0.15, 0.2) is 11.6 Å². The Kier molecular flexibility index (Phi) is 5.97. The van der Waals surface area contributed by atoms with E-state index < -0.39 is 23.7 Å². The number of aromatic nitrogens is 3. The van der Waals surface area contributed by atoms with Gasteiger partial charge in [-0.15, -0.1) is 0 Å². The standard InChI is InChI=1S/C23H19F4N5O3/c24-17-2-1-14(13-18(17)35-21(33)23(25,26)27)19-16-5-8-32(15-3-6-28-7-4-15)20(16)30-22(29-19)31-9-11-34-12-10-31/h1-4,6-7,13H,5,8-12H2. The van der Waals surface area contributed by atoms with Crippen LogP contribution in [0.5, 0.6) is 5.75 Å². The molecule has 8 nitrogen and oxygen atoms in total. The Bertz CT molecular complexity index is 1250. The van der Waals surface area contributed by atoms with Crippen molar-refractivity contribution in [1.29, 1.82) is 0 Å². The van der Waals surface area contributed by atoms with Gasteiger partial charge in [-0.1, -0.05) is 0 Å². The van der Waals surface area contributed by atoms with E-state index in [4.69, 9.17) is 14.7 Å². The van der Waals surface area contributed by atoms with Crippen molar-refractivity contribution < 1.29 is 31.8 Å². The number of rotatable bonds is 4. The third-order valence-electron chi connectivity index (χ3n) is 5.72. The minimum absolute atomic E-state index is 0.307. The molecule has 2 aliphatic rings. The summed E-state index contributed by atoms with van der Waals surface area (Å²) in [6.45, 7) is 2.71. The van der Waals surface area contributed by atoms with Crippen LogP contribution in [0.15, 0.2) is 42.7 Å². The zero-order valence-corrected chi connectivity index (χ0v) is 18.3. The van der Waals surface area contributed by atoms with Crippen LogP contribution in [0.3, 0.4) is 0 Å². The van der Waals surface area contributed by atoms with Crippen LogP contribution in [0, 0.1) is 5.82 Å². The summed E-state index contributed by atoms with van der Waals surface area (Å²) in [5.74, 6) is -3.36. The second-order valence-electron chi connectivity index (χ2n) is 7.91.